The van der Waals surface area contributed by atoms with E-state index < -0.39 is 5.41 Å². The fourth-order valence-corrected chi connectivity index (χ4v) is 2.64. The summed E-state index contributed by atoms with van der Waals surface area (Å²) < 4.78 is 0. The summed E-state index contributed by atoms with van der Waals surface area (Å²) in [6, 6.07) is 6.16. The number of carbonyl (C=O) groups is 1. The zero-order valence-electron chi connectivity index (χ0n) is 11.7. The predicted molar refractivity (Wildman–Crippen MR) is 83.0 cm³/mol. The van der Waals surface area contributed by atoms with Gasteiger partial charge in [0.05, 0.1) is 10.4 Å². The van der Waals surface area contributed by atoms with Crippen LogP contribution < -0.4 is 15.5 Å². The van der Waals surface area contributed by atoms with Crippen LogP contribution in [0.25, 0.3) is 0 Å². The summed E-state index contributed by atoms with van der Waals surface area (Å²) in [6.07, 6.45) is 0.360. The summed E-state index contributed by atoms with van der Waals surface area (Å²) in [6.45, 7) is 2.02. The van der Waals surface area contributed by atoms with E-state index in [1.807, 2.05) is 38.1 Å². The average molecular weight is 277 g/mol. The Balaban J connectivity index is 2.46. The lowest BCUT2D eigenvalue weighted by molar-refractivity contribution is -0.121. The Labute approximate surface area is 119 Å². The number of benzene rings is 1. The van der Waals surface area contributed by atoms with E-state index in [9.17, 15) is 4.79 Å². The van der Waals surface area contributed by atoms with Crippen LogP contribution in [0, 0.1) is 0 Å². The summed E-state index contributed by atoms with van der Waals surface area (Å²) in [5.74, 6) is -0.00486. The van der Waals surface area contributed by atoms with Gasteiger partial charge in [-0.1, -0.05) is 12.2 Å². The summed E-state index contributed by atoms with van der Waals surface area (Å²) in [5, 5.41) is 5.89. The first-order valence-corrected chi connectivity index (χ1v) is 6.63. The molecule has 19 heavy (non-hydrogen) atoms. The Bertz CT molecular complexity index is 541. The third kappa shape index (κ3) is 2.30. The van der Waals surface area contributed by atoms with Gasteiger partial charge in [0.1, 0.15) is 0 Å². The van der Waals surface area contributed by atoms with Crippen molar-refractivity contribution >= 4 is 34.5 Å². The Morgan fingerprint density at radius 2 is 2.16 bits per heavy atom. The highest BCUT2D eigenvalue weighted by Crippen LogP contribution is 2.42. The van der Waals surface area contributed by atoms with E-state index in [0.29, 0.717) is 11.4 Å². The third-order valence-corrected chi connectivity index (χ3v) is 4.21. The standard InChI is InChI=1S/C14H19N3OS/c1-14(8-12(18)15-2)10-7-9(17(3)4)5-6-11(10)16-13(14)19/h5-7H,8H2,1-4H3,(H,15,18)(H,16,19). The van der Waals surface area contributed by atoms with E-state index in [4.69, 9.17) is 12.2 Å². The molecule has 1 aliphatic heterocycles. The fourth-order valence-electron chi connectivity index (χ4n) is 2.34. The molecule has 1 aromatic carbocycles. The lowest BCUT2D eigenvalue weighted by Crippen LogP contribution is -2.35. The minimum Gasteiger partial charge on any atom is -0.378 e. The van der Waals surface area contributed by atoms with Crippen molar-refractivity contribution in [2.24, 2.45) is 0 Å². The van der Waals surface area contributed by atoms with Crippen molar-refractivity contribution in [2.45, 2.75) is 18.8 Å². The minimum atomic E-state index is -0.434. The maximum absolute atomic E-state index is 11.7. The molecule has 0 radical (unpaired) electrons. The van der Waals surface area contributed by atoms with Crippen molar-refractivity contribution in [1.29, 1.82) is 0 Å². The number of nitrogens with zero attached hydrogens (tertiary/aromatic N) is 1. The molecule has 2 N–H and O–H groups in total. The molecule has 1 aromatic rings. The zero-order chi connectivity index (χ0) is 14.2. The highest BCUT2D eigenvalue weighted by atomic mass is 32.1. The van der Waals surface area contributed by atoms with Crippen LogP contribution in [-0.4, -0.2) is 32.0 Å². The molecule has 4 nitrogen and oxygen atoms in total. The van der Waals surface area contributed by atoms with Gasteiger partial charge >= 0.3 is 0 Å². The Morgan fingerprint density at radius 3 is 2.74 bits per heavy atom. The number of anilines is 2. The Morgan fingerprint density at radius 1 is 1.47 bits per heavy atom. The molecular formula is C14H19N3OS. The van der Waals surface area contributed by atoms with Crippen molar-refractivity contribution < 1.29 is 4.79 Å². The first-order valence-electron chi connectivity index (χ1n) is 6.22. The van der Waals surface area contributed by atoms with Crippen molar-refractivity contribution in [3.05, 3.63) is 23.8 Å². The number of fused-ring (bicyclic) bond motifs is 1. The number of hydrogen-bond donors (Lipinski definition) is 2. The third-order valence-electron chi connectivity index (χ3n) is 3.66. The highest BCUT2D eigenvalue weighted by molar-refractivity contribution is 7.80. The number of carbonyl (C=O) groups excluding carboxylic acids is 1. The van der Waals surface area contributed by atoms with Gasteiger partial charge in [0.15, 0.2) is 0 Å². The van der Waals surface area contributed by atoms with Gasteiger partial charge in [0.25, 0.3) is 0 Å². The maximum atomic E-state index is 11.7. The number of hydrogen-bond acceptors (Lipinski definition) is 3. The lowest BCUT2D eigenvalue weighted by Gasteiger charge is -2.24. The molecule has 1 unspecified atom stereocenters. The normalized spacial score (nSPS) is 20.7. The van der Waals surface area contributed by atoms with Crippen LogP contribution in [0.3, 0.4) is 0 Å². The van der Waals surface area contributed by atoms with E-state index >= 15 is 0 Å². The molecule has 0 aliphatic carbocycles. The van der Waals surface area contributed by atoms with Gasteiger partial charge in [0.2, 0.25) is 5.91 Å². The van der Waals surface area contributed by atoms with Gasteiger partial charge < -0.3 is 15.5 Å². The summed E-state index contributed by atoms with van der Waals surface area (Å²) >= 11 is 5.43. The molecule has 1 heterocycles. The summed E-state index contributed by atoms with van der Waals surface area (Å²) in [7, 11) is 5.64. The van der Waals surface area contributed by atoms with Crippen LogP contribution in [0.4, 0.5) is 11.4 Å². The van der Waals surface area contributed by atoms with Gasteiger partial charge in [-0.15, -0.1) is 0 Å². The first kappa shape index (κ1) is 13.8. The summed E-state index contributed by atoms with van der Waals surface area (Å²) in [4.78, 5) is 14.5. The molecule has 0 saturated heterocycles. The lowest BCUT2D eigenvalue weighted by atomic mass is 9.80. The van der Waals surface area contributed by atoms with Crippen molar-refractivity contribution in [2.75, 3.05) is 31.4 Å². The molecule has 0 saturated carbocycles. The molecule has 1 atom stereocenters. The van der Waals surface area contributed by atoms with E-state index in [0.717, 1.165) is 16.9 Å². The summed E-state index contributed by atoms with van der Waals surface area (Å²) in [5.41, 5.74) is 2.76. The molecule has 0 bridgehead atoms. The monoisotopic (exact) mass is 277 g/mol. The Kier molecular flexibility index (Phi) is 3.49. The first-order chi connectivity index (χ1) is 8.88. The number of nitrogens with one attached hydrogen (secondary N) is 2. The second-order valence-corrected chi connectivity index (χ2v) is 5.67. The minimum absolute atomic E-state index is 0.00486. The SMILES string of the molecule is CNC(=O)CC1(C)C(=S)Nc2ccc(N(C)C)cc21. The number of amides is 1. The van der Waals surface area contributed by atoms with Crippen LogP contribution in [0.2, 0.25) is 0 Å². The van der Waals surface area contributed by atoms with Crippen molar-refractivity contribution in [3.63, 3.8) is 0 Å². The molecule has 0 spiro atoms. The van der Waals surface area contributed by atoms with Crippen LogP contribution in [0.15, 0.2) is 18.2 Å². The second kappa shape index (κ2) is 4.81. The smallest absolute Gasteiger partial charge is 0.221 e. The van der Waals surface area contributed by atoms with Crippen molar-refractivity contribution in [3.8, 4) is 0 Å². The predicted octanol–water partition coefficient (Wildman–Crippen LogP) is 1.90. The van der Waals surface area contributed by atoms with E-state index in [1.54, 1.807) is 7.05 Å². The van der Waals surface area contributed by atoms with Gasteiger partial charge in [-0.2, -0.15) is 0 Å². The van der Waals surface area contributed by atoms with Gasteiger partial charge in [-0.3, -0.25) is 4.79 Å². The largest absolute Gasteiger partial charge is 0.378 e. The zero-order valence-corrected chi connectivity index (χ0v) is 12.5. The van der Waals surface area contributed by atoms with Gasteiger partial charge in [0, 0.05) is 38.9 Å². The molecular weight excluding hydrogens is 258 g/mol. The molecule has 102 valence electrons. The van der Waals surface area contributed by atoms with E-state index in [1.165, 1.54) is 0 Å². The van der Waals surface area contributed by atoms with Crippen LogP contribution in [-0.2, 0) is 10.2 Å². The topological polar surface area (TPSA) is 44.4 Å². The van der Waals surface area contributed by atoms with Crippen LogP contribution in [0.1, 0.15) is 18.9 Å². The van der Waals surface area contributed by atoms with Crippen LogP contribution in [0.5, 0.6) is 0 Å². The molecule has 0 fully saturated rings. The van der Waals surface area contributed by atoms with Crippen molar-refractivity contribution in [1.82, 2.24) is 5.32 Å². The maximum Gasteiger partial charge on any atom is 0.221 e. The fraction of sp³-hybridized carbons (Fsp3) is 0.429. The number of thiocarbonyl (C=S) groups is 1. The molecule has 5 heteroatoms. The van der Waals surface area contributed by atoms with Gasteiger partial charge in [-0.25, -0.2) is 0 Å². The second-order valence-electron chi connectivity index (χ2n) is 5.26. The Hall–Kier alpha value is -1.62. The van der Waals surface area contributed by atoms with E-state index in [2.05, 4.69) is 16.7 Å². The molecule has 2 rings (SSSR count). The van der Waals surface area contributed by atoms with Gasteiger partial charge in [-0.05, 0) is 30.7 Å². The van der Waals surface area contributed by atoms with E-state index in [-0.39, 0.29) is 5.91 Å². The molecule has 1 amide bonds. The average Bonchev–Trinajstić information content (AvgIpc) is 2.61. The molecule has 1 aliphatic rings. The highest BCUT2D eigenvalue weighted by Gasteiger charge is 2.41. The number of rotatable bonds is 3. The molecule has 0 aromatic heterocycles. The quantitative estimate of drug-likeness (QED) is 0.828. The van der Waals surface area contributed by atoms with Crippen LogP contribution >= 0.6 is 12.2 Å².